The number of carbonyl (C=O) groups excluding carboxylic acids is 1. The molecule has 132 valence electrons. The zero-order chi connectivity index (χ0) is 17.0. The number of fused-ring (bicyclic) bond motifs is 4. The molecule has 6 unspecified atom stereocenters. The van der Waals surface area contributed by atoms with Gasteiger partial charge in [-0.1, -0.05) is 24.3 Å². The van der Waals surface area contributed by atoms with Crippen LogP contribution in [0.2, 0.25) is 0 Å². The zero-order valence-corrected chi connectivity index (χ0v) is 15.0. The molecule has 0 aromatic heterocycles. The van der Waals surface area contributed by atoms with Crippen molar-refractivity contribution in [1.82, 2.24) is 10.6 Å². The summed E-state index contributed by atoms with van der Waals surface area (Å²) in [5.74, 6) is 0.790. The van der Waals surface area contributed by atoms with E-state index in [1.807, 2.05) is 0 Å². The number of allylic oxidation sites excluding steroid dienone is 1. The molecule has 6 atom stereocenters. The van der Waals surface area contributed by atoms with Gasteiger partial charge in [-0.05, 0) is 53.8 Å². The van der Waals surface area contributed by atoms with Gasteiger partial charge in [0.2, 0.25) is 5.91 Å². The van der Waals surface area contributed by atoms with Crippen molar-refractivity contribution in [3.05, 3.63) is 46.4 Å². The molecule has 1 saturated heterocycles. The summed E-state index contributed by atoms with van der Waals surface area (Å²) >= 11 is 1.63. The predicted octanol–water partition coefficient (Wildman–Crippen LogP) is 1.93. The lowest BCUT2D eigenvalue weighted by Crippen LogP contribution is -2.59. The first kappa shape index (κ1) is 15.9. The Labute approximate surface area is 152 Å². The summed E-state index contributed by atoms with van der Waals surface area (Å²) in [6, 6.07) is 6.95. The SMILES string of the molecule is O=C1NC2CCC(O)C(c3ccc4c(c3)CNCC4)C2C2C=CSC12. The molecule has 5 rings (SSSR count). The lowest BCUT2D eigenvalue weighted by Gasteiger charge is -2.48. The normalized spacial score (nSPS) is 39.3. The summed E-state index contributed by atoms with van der Waals surface area (Å²) in [6.07, 6.45) is 4.59. The van der Waals surface area contributed by atoms with Gasteiger partial charge >= 0.3 is 0 Å². The van der Waals surface area contributed by atoms with Gasteiger partial charge in [-0.3, -0.25) is 4.79 Å². The number of hydrogen-bond acceptors (Lipinski definition) is 4. The molecule has 0 spiro atoms. The van der Waals surface area contributed by atoms with Gasteiger partial charge < -0.3 is 15.7 Å². The van der Waals surface area contributed by atoms with E-state index in [1.54, 1.807) is 11.8 Å². The molecule has 1 amide bonds. The summed E-state index contributed by atoms with van der Waals surface area (Å²) in [4.78, 5) is 12.4. The molecule has 1 aliphatic carbocycles. The Hall–Kier alpha value is -1.30. The molecule has 4 aliphatic rings. The Balaban J connectivity index is 1.54. The molecular weight excluding hydrogens is 332 g/mol. The Bertz CT molecular complexity index is 734. The van der Waals surface area contributed by atoms with Crippen LogP contribution in [0.4, 0.5) is 0 Å². The maximum absolute atomic E-state index is 12.4. The van der Waals surface area contributed by atoms with Crippen LogP contribution in [-0.4, -0.2) is 35.0 Å². The maximum atomic E-state index is 12.4. The molecule has 1 aromatic rings. The standard InChI is InChI=1S/C20H24N2O2S/c23-16-4-3-15-18(14-6-8-25-19(14)20(24)22-15)17(16)12-2-1-11-5-7-21-10-13(11)9-12/h1-2,6,8-9,14-19,21,23H,3-5,7,10H2,(H,22,24). The number of thioether (sulfide) groups is 1. The molecule has 1 aromatic carbocycles. The highest BCUT2D eigenvalue weighted by molar-refractivity contribution is 8.03. The van der Waals surface area contributed by atoms with E-state index in [0.717, 1.165) is 32.4 Å². The van der Waals surface area contributed by atoms with Gasteiger partial charge in [-0.15, -0.1) is 11.8 Å². The first-order valence-corrected chi connectivity index (χ1v) is 10.3. The van der Waals surface area contributed by atoms with Gasteiger partial charge in [0.15, 0.2) is 0 Å². The highest BCUT2D eigenvalue weighted by atomic mass is 32.2. The second kappa shape index (κ2) is 6.15. The monoisotopic (exact) mass is 356 g/mol. The summed E-state index contributed by atoms with van der Waals surface area (Å²) in [6.45, 7) is 1.96. The summed E-state index contributed by atoms with van der Waals surface area (Å²) in [5.41, 5.74) is 4.03. The van der Waals surface area contributed by atoms with Crippen molar-refractivity contribution in [2.75, 3.05) is 6.54 Å². The van der Waals surface area contributed by atoms with E-state index in [9.17, 15) is 9.90 Å². The third-order valence-corrected chi connectivity index (χ3v) is 7.61. The van der Waals surface area contributed by atoms with Crippen molar-refractivity contribution in [1.29, 1.82) is 0 Å². The molecule has 5 heteroatoms. The summed E-state index contributed by atoms with van der Waals surface area (Å²) in [7, 11) is 0. The number of piperidine rings is 1. The predicted molar refractivity (Wildman–Crippen MR) is 99.3 cm³/mol. The fourth-order valence-electron chi connectivity index (χ4n) is 5.30. The van der Waals surface area contributed by atoms with E-state index in [-0.39, 0.29) is 41.1 Å². The molecule has 0 radical (unpaired) electrons. The van der Waals surface area contributed by atoms with E-state index in [4.69, 9.17) is 0 Å². The van der Waals surface area contributed by atoms with Crippen LogP contribution in [0.5, 0.6) is 0 Å². The van der Waals surface area contributed by atoms with E-state index in [2.05, 4.69) is 40.3 Å². The van der Waals surface area contributed by atoms with E-state index in [1.165, 1.54) is 16.7 Å². The average molecular weight is 356 g/mol. The van der Waals surface area contributed by atoms with Gasteiger partial charge in [0.25, 0.3) is 0 Å². The van der Waals surface area contributed by atoms with Crippen LogP contribution in [0, 0.1) is 11.8 Å². The highest BCUT2D eigenvalue weighted by Crippen LogP contribution is 2.50. The second-order valence-electron chi connectivity index (χ2n) is 7.78. The van der Waals surface area contributed by atoms with E-state index >= 15 is 0 Å². The Kier molecular flexibility index (Phi) is 3.91. The molecule has 3 N–H and O–H groups in total. The zero-order valence-electron chi connectivity index (χ0n) is 14.2. The smallest absolute Gasteiger partial charge is 0.234 e. The Morgan fingerprint density at radius 3 is 3.04 bits per heavy atom. The quantitative estimate of drug-likeness (QED) is 0.720. The Morgan fingerprint density at radius 1 is 1.20 bits per heavy atom. The van der Waals surface area contributed by atoms with Crippen LogP contribution in [0.15, 0.2) is 29.7 Å². The minimum absolute atomic E-state index is 0.0201. The minimum atomic E-state index is -0.328. The number of carbonyl (C=O) groups is 1. The molecular formula is C20H24N2O2S. The molecule has 3 heterocycles. The molecule has 3 aliphatic heterocycles. The number of rotatable bonds is 1. The van der Waals surface area contributed by atoms with Crippen LogP contribution in [0.3, 0.4) is 0 Å². The number of nitrogens with one attached hydrogen (secondary N) is 2. The van der Waals surface area contributed by atoms with E-state index in [0.29, 0.717) is 0 Å². The summed E-state index contributed by atoms with van der Waals surface area (Å²) < 4.78 is 0. The van der Waals surface area contributed by atoms with Crippen LogP contribution < -0.4 is 10.6 Å². The molecule has 2 fully saturated rings. The topological polar surface area (TPSA) is 61.4 Å². The van der Waals surface area contributed by atoms with Crippen LogP contribution >= 0.6 is 11.8 Å². The van der Waals surface area contributed by atoms with Crippen LogP contribution in [0.1, 0.15) is 35.4 Å². The number of aliphatic hydroxyl groups excluding tert-OH is 1. The second-order valence-corrected chi connectivity index (χ2v) is 8.83. The van der Waals surface area contributed by atoms with Crippen molar-refractivity contribution in [2.24, 2.45) is 11.8 Å². The third kappa shape index (κ3) is 2.56. The van der Waals surface area contributed by atoms with Gasteiger partial charge in [0.05, 0.1) is 11.4 Å². The summed E-state index contributed by atoms with van der Waals surface area (Å²) in [5, 5.41) is 19.6. The van der Waals surface area contributed by atoms with Crippen molar-refractivity contribution in [2.45, 2.75) is 49.1 Å². The average Bonchev–Trinajstić information content (AvgIpc) is 3.12. The van der Waals surface area contributed by atoms with Gasteiger partial charge in [-0.25, -0.2) is 0 Å². The lowest BCUT2D eigenvalue weighted by molar-refractivity contribution is -0.126. The fourth-order valence-corrected chi connectivity index (χ4v) is 6.39. The number of amides is 1. The number of hydrogen-bond donors (Lipinski definition) is 3. The van der Waals surface area contributed by atoms with Crippen molar-refractivity contribution in [3.63, 3.8) is 0 Å². The first-order valence-electron chi connectivity index (χ1n) is 9.35. The van der Waals surface area contributed by atoms with Gasteiger partial charge in [0, 0.05) is 24.4 Å². The van der Waals surface area contributed by atoms with Crippen LogP contribution in [-0.2, 0) is 17.8 Å². The van der Waals surface area contributed by atoms with E-state index < -0.39 is 0 Å². The molecule has 4 nitrogen and oxygen atoms in total. The van der Waals surface area contributed by atoms with Gasteiger partial charge in [0.1, 0.15) is 0 Å². The van der Waals surface area contributed by atoms with Crippen molar-refractivity contribution in [3.8, 4) is 0 Å². The van der Waals surface area contributed by atoms with Gasteiger partial charge in [-0.2, -0.15) is 0 Å². The van der Waals surface area contributed by atoms with Crippen LogP contribution in [0.25, 0.3) is 0 Å². The first-order chi connectivity index (χ1) is 12.2. The number of benzene rings is 1. The number of aliphatic hydroxyl groups is 1. The minimum Gasteiger partial charge on any atom is -0.392 e. The molecule has 0 bridgehead atoms. The fraction of sp³-hybridized carbons (Fsp3) is 0.550. The Morgan fingerprint density at radius 2 is 2.12 bits per heavy atom. The maximum Gasteiger partial charge on any atom is 0.234 e. The molecule has 25 heavy (non-hydrogen) atoms. The highest BCUT2D eigenvalue weighted by Gasteiger charge is 2.51. The van der Waals surface area contributed by atoms with Crippen molar-refractivity contribution < 1.29 is 9.90 Å². The molecule has 1 saturated carbocycles. The third-order valence-electron chi connectivity index (χ3n) is 6.48. The largest absolute Gasteiger partial charge is 0.392 e. The van der Waals surface area contributed by atoms with Crippen molar-refractivity contribution >= 4 is 17.7 Å². The lowest BCUT2D eigenvalue weighted by atomic mass is 9.63.